The van der Waals surface area contributed by atoms with Gasteiger partial charge in [0.2, 0.25) is 0 Å². The number of rotatable bonds is 2. The number of thioether (sulfide) groups is 1. The van der Waals surface area contributed by atoms with Crippen molar-refractivity contribution in [2.45, 2.75) is 11.3 Å². The van der Waals surface area contributed by atoms with Crippen molar-refractivity contribution in [2.75, 3.05) is 17.7 Å². The molecule has 1 aliphatic heterocycles. The number of anilines is 2. The lowest BCUT2D eigenvalue weighted by Gasteiger charge is -2.21. The Labute approximate surface area is 117 Å². The van der Waals surface area contributed by atoms with Crippen LogP contribution in [0.15, 0.2) is 47.4 Å². The Kier molecular flexibility index (Phi) is 3.18. The lowest BCUT2D eigenvalue weighted by molar-refractivity contribution is 0.993. The summed E-state index contributed by atoms with van der Waals surface area (Å²) in [6.45, 7) is 0.950. The summed E-state index contributed by atoms with van der Waals surface area (Å²) in [4.78, 5) is 3.30. The minimum atomic E-state index is 0.784. The van der Waals surface area contributed by atoms with Crippen LogP contribution in [0.5, 0.6) is 0 Å². The molecule has 3 heteroatoms. The molecule has 0 unspecified atom stereocenters. The first kappa shape index (κ1) is 12.1. The van der Waals surface area contributed by atoms with Gasteiger partial charge in [0.25, 0.3) is 0 Å². The predicted molar refractivity (Wildman–Crippen MR) is 80.1 cm³/mol. The van der Waals surface area contributed by atoms with E-state index < -0.39 is 0 Å². The van der Waals surface area contributed by atoms with Crippen molar-refractivity contribution in [1.82, 2.24) is 0 Å². The maximum absolute atomic E-state index is 9.45. The Morgan fingerprint density at radius 2 is 1.89 bits per heavy atom. The minimum Gasteiger partial charge on any atom is -0.340 e. The van der Waals surface area contributed by atoms with E-state index in [0.29, 0.717) is 0 Å². The number of nitriles is 1. The fourth-order valence-corrected chi connectivity index (χ4v) is 3.18. The molecule has 3 rings (SSSR count). The van der Waals surface area contributed by atoms with E-state index in [0.717, 1.165) is 29.1 Å². The first-order chi connectivity index (χ1) is 9.35. The molecule has 0 amide bonds. The monoisotopic (exact) mass is 266 g/mol. The third kappa shape index (κ3) is 1.98. The molecule has 0 N–H and O–H groups in total. The molecule has 0 radical (unpaired) electrons. The molecule has 0 bridgehead atoms. The SMILES string of the molecule is CSc1cccc(N2CCc3ccccc32)c1C#N. The molecule has 19 heavy (non-hydrogen) atoms. The van der Waals surface area contributed by atoms with Crippen LogP contribution >= 0.6 is 11.8 Å². The van der Waals surface area contributed by atoms with Crippen LogP contribution in [-0.4, -0.2) is 12.8 Å². The van der Waals surface area contributed by atoms with Crippen molar-refractivity contribution in [3.05, 3.63) is 53.6 Å². The van der Waals surface area contributed by atoms with Crippen LogP contribution in [0.1, 0.15) is 11.1 Å². The fourth-order valence-electron chi connectivity index (χ4n) is 2.62. The summed E-state index contributed by atoms with van der Waals surface area (Å²) in [5, 5.41) is 9.45. The van der Waals surface area contributed by atoms with Gasteiger partial charge in [0.1, 0.15) is 6.07 Å². The molecule has 2 aromatic carbocycles. The lowest BCUT2D eigenvalue weighted by atomic mass is 10.1. The fraction of sp³-hybridized carbons (Fsp3) is 0.188. The van der Waals surface area contributed by atoms with E-state index >= 15 is 0 Å². The second-order valence-electron chi connectivity index (χ2n) is 4.50. The van der Waals surface area contributed by atoms with Gasteiger partial charge in [-0.1, -0.05) is 24.3 Å². The lowest BCUT2D eigenvalue weighted by Crippen LogP contribution is -2.14. The van der Waals surface area contributed by atoms with Crippen molar-refractivity contribution in [3.8, 4) is 6.07 Å². The maximum atomic E-state index is 9.45. The molecular weight excluding hydrogens is 252 g/mol. The summed E-state index contributed by atoms with van der Waals surface area (Å²) in [7, 11) is 0. The molecule has 0 aliphatic carbocycles. The summed E-state index contributed by atoms with van der Waals surface area (Å²) in [5.74, 6) is 0. The van der Waals surface area contributed by atoms with Crippen LogP contribution in [0.4, 0.5) is 11.4 Å². The molecule has 0 saturated heterocycles. The van der Waals surface area contributed by atoms with E-state index in [1.54, 1.807) is 11.8 Å². The molecule has 2 aromatic rings. The Balaban J connectivity index is 2.13. The van der Waals surface area contributed by atoms with E-state index in [-0.39, 0.29) is 0 Å². The Morgan fingerprint density at radius 1 is 1.11 bits per heavy atom. The molecule has 94 valence electrons. The summed E-state index contributed by atoms with van der Waals surface area (Å²) in [6, 6.07) is 16.9. The van der Waals surface area contributed by atoms with Gasteiger partial charge in [-0.3, -0.25) is 0 Å². The van der Waals surface area contributed by atoms with Gasteiger partial charge >= 0.3 is 0 Å². The molecule has 0 atom stereocenters. The van der Waals surface area contributed by atoms with Crippen molar-refractivity contribution < 1.29 is 0 Å². The molecular formula is C16H14N2S. The minimum absolute atomic E-state index is 0.784. The molecule has 0 spiro atoms. The highest BCUT2D eigenvalue weighted by atomic mass is 32.2. The van der Waals surface area contributed by atoms with Gasteiger partial charge in [-0.2, -0.15) is 5.26 Å². The molecule has 0 saturated carbocycles. The van der Waals surface area contributed by atoms with E-state index in [1.807, 2.05) is 24.5 Å². The van der Waals surface area contributed by atoms with Crippen molar-refractivity contribution in [3.63, 3.8) is 0 Å². The zero-order valence-electron chi connectivity index (χ0n) is 10.8. The number of hydrogen-bond donors (Lipinski definition) is 0. The smallest absolute Gasteiger partial charge is 0.103 e. The van der Waals surface area contributed by atoms with Gasteiger partial charge in [-0.25, -0.2) is 0 Å². The van der Waals surface area contributed by atoms with Crippen LogP contribution in [0.2, 0.25) is 0 Å². The number of benzene rings is 2. The number of fused-ring (bicyclic) bond motifs is 1. The third-order valence-corrected chi connectivity index (χ3v) is 4.29. The average molecular weight is 266 g/mol. The van der Waals surface area contributed by atoms with Crippen LogP contribution in [0, 0.1) is 11.3 Å². The van der Waals surface area contributed by atoms with E-state index in [4.69, 9.17) is 0 Å². The van der Waals surface area contributed by atoms with Crippen molar-refractivity contribution in [1.29, 1.82) is 5.26 Å². The van der Waals surface area contributed by atoms with E-state index in [2.05, 4.69) is 35.2 Å². The normalized spacial score (nSPS) is 13.2. The van der Waals surface area contributed by atoms with Crippen LogP contribution in [-0.2, 0) is 6.42 Å². The second kappa shape index (κ2) is 4.99. The van der Waals surface area contributed by atoms with Crippen LogP contribution in [0.3, 0.4) is 0 Å². The first-order valence-electron chi connectivity index (χ1n) is 6.27. The molecule has 1 aliphatic rings. The molecule has 2 nitrogen and oxygen atoms in total. The molecule has 1 heterocycles. The van der Waals surface area contributed by atoms with Crippen LogP contribution < -0.4 is 4.90 Å². The maximum Gasteiger partial charge on any atom is 0.103 e. The van der Waals surface area contributed by atoms with E-state index in [1.165, 1.54) is 11.3 Å². The Bertz CT molecular complexity index is 658. The summed E-state index contributed by atoms with van der Waals surface area (Å²) >= 11 is 1.63. The second-order valence-corrected chi connectivity index (χ2v) is 5.34. The highest BCUT2D eigenvalue weighted by Gasteiger charge is 2.22. The summed E-state index contributed by atoms with van der Waals surface area (Å²) in [5.41, 5.74) is 4.41. The first-order valence-corrected chi connectivity index (χ1v) is 7.50. The van der Waals surface area contributed by atoms with Gasteiger partial charge < -0.3 is 4.90 Å². The topological polar surface area (TPSA) is 27.0 Å². The quantitative estimate of drug-likeness (QED) is 0.769. The summed E-state index contributed by atoms with van der Waals surface area (Å²) in [6.07, 6.45) is 3.06. The highest BCUT2D eigenvalue weighted by molar-refractivity contribution is 7.98. The summed E-state index contributed by atoms with van der Waals surface area (Å²) < 4.78 is 0. The van der Waals surface area contributed by atoms with Gasteiger partial charge in [0, 0.05) is 17.1 Å². The zero-order chi connectivity index (χ0) is 13.2. The highest BCUT2D eigenvalue weighted by Crippen LogP contribution is 2.38. The van der Waals surface area contributed by atoms with Gasteiger partial charge in [0.05, 0.1) is 11.3 Å². The average Bonchev–Trinajstić information content (AvgIpc) is 2.90. The molecule has 0 fully saturated rings. The largest absolute Gasteiger partial charge is 0.340 e. The van der Waals surface area contributed by atoms with E-state index in [9.17, 15) is 5.26 Å². The Hall–Kier alpha value is -1.92. The van der Waals surface area contributed by atoms with Crippen molar-refractivity contribution in [2.24, 2.45) is 0 Å². The molecule has 0 aromatic heterocycles. The standard InChI is InChI=1S/C16H14N2S/c1-19-16-8-4-7-15(13(16)11-17)18-10-9-12-5-2-3-6-14(12)18/h2-8H,9-10H2,1H3. The van der Waals surface area contributed by atoms with Gasteiger partial charge in [-0.05, 0) is 36.4 Å². The Morgan fingerprint density at radius 3 is 2.68 bits per heavy atom. The number of hydrogen-bond acceptors (Lipinski definition) is 3. The van der Waals surface area contributed by atoms with Crippen LogP contribution in [0.25, 0.3) is 0 Å². The zero-order valence-corrected chi connectivity index (χ0v) is 11.6. The number of nitrogens with zero attached hydrogens (tertiary/aromatic N) is 2. The van der Waals surface area contributed by atoms with Gasteiger partial charge in [0.15, 0.2) is 0 Å². The van der Waals surface area contributed by atoms with Gasteiger partial charge in [-0.15, -0.1) is 11.8 Å². The van der Waals surface area contributed by atoms with Crippen molar-refractivity contribution >= 4 is 23.1 Å². The third-order valence-electron chi connectivity index (χ3n) is 3.51. The predicted octanol–water partition coefficient (Wildman–Crippen LogP) is 3.97. The number of para-hydroxylation sites is 1.